The van der Waals surface area contributed by atoms with E-state index in [1.165, 1.54) is 0 Å². The third-order valence-electron chi connectivity index (χ3n) is 4.26. The minimum atomic E-state index is -0.115. The molecule has 27 heavy (non-hydrogen) atoms. The summed E-state index contributed by atoms with van der Waals surface area (Å²) in [5.74, 6) is -0.115. The first kappa shape index (κ1) is 19.3. The minimum Gasteiger partial charge on any atom is -0.345 e. The van der Waals surface area contributed by atoms with Crippen molar-refractivity contribution < 1.29 is 4.79 Å². The Morgan fingerprint density at radius 2 is 1.89 bits per heavy atom. The Morgan fingerprint density at radius 1 is 1.07 bits per heavy atom. The van der Waals surface area contributed by atoms with Gasteiger partial charge in [0.25, 0.3) is 5.91 Å². The van der Waals surface area contributed by atoms with Gasteiger partial charge < -0.3 is 9.47 Å². The Morgan fingerprint density at radius 3 is 2.63 bits per heavy atom. The molecule has 0 unspecified atom stereocenters. The van der Waals surface area contributed by atoms with E-state index >= 15 is 0 Å². The smallest absolute Gasteiger partial charge is 0.256 e. The number of aromatic nitrogens is 1. The van der Waals surface area contributed by atoms with E-state index in [4.69, 9.17) is 23.2 Å². The maximum Gasteiger partial charge on any atom is 0.256 e. The van der Waals surface area contributed by atoms with Crippen molar-refractivity contribution >= 4 is 29.1 Å². The lowest BCUT2D eigenvalue weighted by atomic mass is 10.2. The number of carbonyl (C=O) groups is 1. The summed E-state index contributed by atoms with van der Waals surface area (Å²) in [4.78, 5) is 14.7. The lowest BCUT2D eigenvalue weighted by molar-refractivity contribution is 0.0759. The predicted octanol–water partition coefficient (Wildman–Crippen LogP) is 5.67. The number of benzene rings is 2. The highest BCUT2D eigenvalue weighted by Crippen LogP contribution is 2.19. The van der Waals surface area contributed by atoms with Crippen LogP contribution in [0, 0.1) is 0 Å². The zero-order valence-electron chi connectivity index (χ0n) is 14.8. The van der Waals surface area contributed by atoms with Gasteiger partial charge in [-0.2, -0.15) is 0 Å². The molecule has 3 nitrogen and oxygen atoms in total. The molecule has 3 rings (SSSR count). The summed E-state index contributed by atoms with van der Waals surface area (Å²) in [6.07, 6.45) is 3.72. The van der Waals surface area contributed by atoms with Gasteiger partial charge in [0.2, 0.25) is 0 Å². The van der Waals surface area contributed by atoms with Crippen molar-refractivity contribution in [1.82, 2.24) is 9.47 Å². The Balaban J connectivity index is 1.82. The van der Waals surface area contributed by atoms with Crippen LogP contribution >= 0.6 is 23.2 Å². The van der Waals surface area contributed by atoms with Crippen molar-refractivity contribution in [3.05, 3.63) is 106 Å². The quantitative estimate of drug-likeness (QED) is 0.470. The zero-order valence-corrected chi connectivity index (χ0v) is 16.3. The first-order valence-electron chi connectivity index (χ1n) is 8.61. The van der Waals surface area contributed by atoms with Gasteiger partial charge in [-0.1, -0.05) is 53.5 Å². The van der Waals surface area contributed by atoms with Crippen LogP contribution in [0.4, 0.5) is 0 Å². The Kier molecular flexibility index (Phi) is 6.38. The highest BCUT2D eigenvalue weighted by Gasteiger charge is 2.18. The van der Waals surface area contributed by atoms with E-state index in [9.17, 15) is 4.79 Å². The molecule has 0 saturated carbocycles. The van der Waals surface area contributed by atoms with Crippen molar-refractivity contribution in [2.45, 2.75) is 13.1 Å². The topological polar surface area (TPSA) is 25.2 Å². The molecular weight excluding hydrogens is 379 g/mol. The average molecular weight is 399 g/mol. The van der Waals surface area contributed by atoms with Gasteiger partial charge in [-0.3, -0.25) is 4.79 Å². The van der Waals surface area contributed by atoms with Crippen molar-refractivity contribution in [1.29, 1.82) is 0 Å². The van der Waals surface area contributed by atoms with Crippen LogP contribution in [-0.4, -0.2) is 21.9 Å². The van der Waals surface area contributed by atoms with Crippen LogP contribution in [0.2, 0.25) is 10.0 Å². The highest BCUT2D eigenvalue weighted by atomic mass is 35.5. The number of nitrogens with zero attached hydrogens (tertiary/aromatic N) is 2. The number of amides is 1. The van der Waals surface area contributed by atoms with E-state index < -0.39 is 0 Å². The Hall–Kier alpha value is -2.49. The largest absolute Gasteiger partial charge is 0.345 e. The van der Waals surface area contributed by atoms with Crippen LogP contribution in [0.5, 0.6) is 0 Å². The molecule has 0 spiro atoms. The number of rotatable bonds is 7. The standard InChI is InChI=1S/C22H20Cl2N2O/c1-2-12-26(22(27)20-10-3-4-11-21(20)24)16-19-9-6-13-25(19)15-17-7-5-8-18(23)14-17/h2-11,13-14H,1,12,15-16H2. The van der Waals surface area contributed by atoms with Crippen molar-refractivity contribution in [3.8, 4) is 0 Å². The zero-order chi connectivity index (χ0) is 19.2. The second kappa shape index (κ2) is 8.94. The van der Waals surface area contributed by atoms with Crippen molar-refractivity contribution in [2.24, 2.45) is 0 Å². The molecular formula is C22H20Cl2N2O. The third-order valence-corrected chi connectivity index (χ3v) is 4.82. The van der Waals surface area contributed by atoms with E-state index in [1.807, 2.05) is 54.7 Å². The summed E-state index contributed by atoms with van der Waals surface area (Å²) in [6.45, 7) is 5.36. The fourth-order valence-corrected chi connectivity index (χ4v) is 3.38. The molecule has 1 amide bonds. The predicted molar refractivity (Wildman–Crippen MR) is 111 cm³/mol. The minimum absolute atomic E-state index is 0.115. The molecule has 0 aliphatic rings. The number of carbonyl (C=O) groups excluding carboxylic acids is 1. The maximum absolute atomic E-state index is 13.0. The molecule has 0 aliphatic carbocycles. The summed E-state index contributed by atoms with van der Waals surface area (Å²) in [5.41, 5.74) is 2.62. The summed E-state index contributed by atoms with van der Waals surface area (Å²) in [5, 5.41) is 1.16. The molecule has 0 N–H and O–H groups in total. The fraction of sp³-hybridized carbons (Fsp3) is 0.136. The van der Waals surface area contributed by atoms with Crippen LogP contribution in [-0.2, 0) is 13.1 Å². The molecule has 0 aliphatic heterocycles. The first-order valence-corrected chi connectivity index (χ1v) is 9.37. The lowest BCUT2D eigenvalue weighted by Crippen LogP contribution is -2.31. The van der Waals surface area contributed by atoms with Crippen LogP contribution in [0.3, 0.4) is 0 Å². The van der Waals surface area contributed by atoms with Gasteiger partial charge in [0, 0.05) is 30.0 Å². The number of halogens is 2. The van der Waals surface area contributed by atoms with Crippen molar-refractivity contribution in [2.75, 3.05) is 6.54 Å². The molecule has 138 valence electrons. The van der Waals surface area contributed by atoms with Crippen LogP contribution in [0.1, 0.15) is 21.6 Å². The Bertz CT molecular complexity index is 949. The van der Waals surface area contributed by atoms with Gasteiger partial charge in [0.1, 0.15) is 0 Å². The van der Waals surface area contributed by atoms with Gasteiger partial charge >= 0.3 is 0 Å². The van der Waals surface area contributed by atoms with Crippen molar-refractivity contribution in [3.63, 3.8) is 0 Å². The summed E-state index contributed by atoms with van der Waals surface area (Å²) in [6, 6.07) is 18.9. The molecule has 0 fully saturated rings. The van der Waals surface area contributed by atoms with E-state index in [0.717, 1.165) is 11.3 Å². The van der Waals surface area contributed by atoms with Gasteiger partial charge in [0.15, 0.2) is 0 Å². The van der Waals surface area contributed by atoms with Gasteiger partial charge in [-0.05, 0) is 42.0 Å². The number of hydrogen-bond donors (Lipinski definition) is 0. The summed E-state index contributed by atoms with van der Waals surface area (Å²) >= 11 is 12.3. The van der Waals surface area contributed by atoms with E-state index in [2.05, 4.69) is 11.1 Å². The monoisotopic (exact) mass is 398 g/mol. The Labute approximate surface area is 169 Å². The maximum atomic E-state index is 13.0. The molecule has 3 aromatic rings. The molecule has 1 aromatic heterocycles. The van der Waals surface area contributed by atoms with Gasteiger partial charge in [-0.15, -0.1) is 6.58 Å². The second-order valence-electron chi connectivity index (χ2n) is 6.21. The van der Waals surface area contributed by atoms with Crippen LogP contribution in [0.25, 0.3) is 0 Å². The van der Waals surface area contributed by atoms with E-state index in [-0.39, 0.29) is 5.91 Å². The molecule has 0 saturated heterocycles. The first-order chi connectivity index (χ1) is 13.1. The average Bonchev–Trinajstić information content (AvgIpc) is 3.08. The molecule has 1 heterocycles. The summed E-state index contributed by atoms with van der Waals surface area (Å²) < 4.78 is 2.11. The number of hydrogen-bond acceptors (Lipinski definition) is 1. The van der Waals surface area contributed by atoms with Gasteiger partial charge in [-0.25, -0.2) is 0 Å². The lowest BCUT2D eigenvalue weighted by Gasteiger charge is -2.23. The molecule has 2 aromatic carbocycles. The molecule has 5 heteroatoms. The fourth-order valence-electron chi connectivity index (χ4n) is 2.95. The van der Waals surface area contributed by atoms with Gasteiger partial charge in [0.05, 0.1) is 17.1 Å². The SMILES string of the molecule is C=CCN(Cc1cccn1Cc1cccc(Cl)c1)C(=O)c1ccccc1Cl. The second-order valence-corrected chi connectivity index (χ2v) is 7.06. The molecule has 0 bridgehead atoms. The third kappa shape index (κ3) is 4.82. The van der Waals surface area contributed by atoms with Crippen LogP contribution in [0.15, 0.2) is 79.5 Å². The molecule has 0 atom stereocenters. The molecule has 0 radical (unpaired) electrons. The van der Waals surface area contributed by atoms with E-state index in [0.29, 0.717) is 35.2 Å². The van der Waals surface area contributed by atoms with Crippen LogP contribution < -0.4 is 0 Å². The highest BCUT2D eigenvalue weighted by molar-refractivity contribution is 6.33. The summed E-state index contributed by atoms with van der Waals surface area (Å²) in [7, 11) is 0. The van der Waals surface area contributed by atoms with E-state index in [1.54, 1.807) is 23.1 Å². The normalized spacial score (nSPS) is 10.6.